The Morgan fingerprint density at radius 3 is 2.00 bits per heavy atom. The van der Waals surface area contributed by atoms with Crippen LogP contribution in [0.1, 0.15) is 49.9 Å². The Labute approximate surface area is 220 Å². The van der Waals surface area contributed by atoms with Gasteiger partial charge in [-0.1, -0.05) is 80.2 Å². The lowest BCUT2D eigenvalue weighted by atomic mass is 9.88. The van der Waals surface area contributed by atoms with Gasteiger partial charge in [0, 0.05) is 0 Å². The summed E-state index contributed by atoms with van der Waals surface area (Å²) in [4.78, 5) is 39.3. The number of fused-ring (bicyclic) bond motifs is 1. The van der Waals surface area contributed by atoms with Gasteiger partial charge in [0.1, 0.15) is 5.54 Å². The normalized spacial score (nSPS) is 11.1. The molecule has 0 saturated carbocycles. The second kappa shape index (κ2) is 12.1. The molecule has 9 heteroatoms. The molecule has 3 aromatic rings. The van der Waals surface area contributed by atoms with E-state index in [1.807, 2.05) is 38.1 Å². The second-order valence-corrected chi connectivity index (χ2v) is 9.26. The number of halogens is 2. The van der Waals surface area contributed by atoms with E-state index in [2.05, 4.69) is 16.0 Å². The predicted octanol–water partition coefficient (Wildman–Crippen LogP) is 7.03. The number of methoxy groups -OCH3 is 1. The molecule has 0 saturated heterocycles. The molecule has 0 radical (unpaired) electrons. The zero-order valence-electron chi connectivity index (χ0n) is 20.4. The van der Waals surface area contributed by atoms with Gasteiger partial charge in [0.15, 0.2) is 0 Å². The molecule has 0 heterocycles. The molecule has 0 aliphatic carbocycles. The van der Waals surface area contributed by atoms with Crippen molar-refractivity contribution in [3.05, 3.63) is 70.2 Å². The maximum Gasteiger partial charge on any atom is 0.331 e. The number of benzene rings is 3. The van der Waals surface area contributed by atoms with Crippen LogP contribution in [0.15, 0.2) is 54.6 Å². The fourth-order valence-electron chi connectivity index (χ4n) is 4.25. The van der Waals surface area contributed by atoms with Crippen molar-refractivity contribution in [1.29, 1.82) is 0 Å². The fraction of sp³-hybridized carbons (Fsp3) is 0.296. The highest BCUT2D eigenvalue weighted by molar-refractivity contribution is 6.39. The van der Waals surface area contributed by atoms with E-state index in [9.17, 15) is 14.4 Å². The number of esters is 1. The van der Waals surface area contributed by atoms with E-state index >= 15 is 0 Å². The standard InChI is InChI=1S/C27H29Cl2N3O4/c1-4-13-27(14-5-2,25(34)36-3)32-24(33)19-15-17-9-6-7-10-18(17)16-22(19)30-26(35)31-23-20(28)11-8-12-21(23)29/h6-12,15-16H,4-5,13-14H2,1-3H3,(H,32,33)(H2,30,31,35). The third-order valence-corrected chi connectivity index (χ3v) is 6.49. The smallest absolute Gasteiger partial charge is 0.331 e. The molecule has 0 aliphatic rings. The predicted molar refractivity (Wildman–Crippen MR) is 145 cm³/mol. The van der Waals surface area contributed by atoms with Gasteiger partial charge in [-0.2, -0.15) is 0 Å². The van der Waals surface area contributed by atoms with E-state index in [0.717, 1.165) is 10.8 Å². The molecule has 3 aromatic carbocycles. The van der Waals surface area contributed by atoms with Crippen LogP contribution in [0.5, 0.6) is 0 Å². The van der Waals surface area contributed by atoms with E-state index < -0.39 is 23.4 Å². The zero-order valence-corrected chi connectivity index (χ0v) is 21.9. The quantitative estimate of drug-likeness (QED) is 0.259. The number of nitrogens with one attached hydrogen (secondary N) is 3. The monoisotopic (exact) mass is 529 g/mol. The van der Waals surface area contributed by atoms with E-state index in [4.69, 9.17) is 27.9 Å². The van der Waals surface area contributed by atoms with Crippen LogP contribution in [0.4, 0.5) is 16.2 Å². The minimum atomic E-state index is -1.18. The third-order valence-electron chi connectivity index (χ3n) is 5.86. The Hall–Kier alpha value is -3.29. The maximum absolute atomic E-state index is 13.6. The average molecular weight is 530 g/mol. The number of urea groups is 1. The molecular weight excluding hydrogens is 501 g/mol. The van der Waals surface area contributed by atoms with Gasteiger partial charge in [0.25, 0.3) is 5.91 Å². The Kier molecular flexibility index (Phi) is 9.18. The summed E-state index contributed by atoms with van der Waals surface area (Å²) in [5, 5.41) is 10.5. The SMILES string of the molecule is CCCC(CCC)(NC(=O)c1cc2ccccc2cc1NC(=O)Nc1c(Cl)cccc1Cl)C(=O)OC. The van der Waals surface area contributed by atoms with Crippen LogP contribution in [0.25, 0.3) is 10.8 Å². The van der Waals surface area contributed by atoms with Crippen LogP contribution >= 0.6 is 23.2 Å². The highest BCUT2D eigenvalue weighted by Gasteiger charge is 2.40. The number of carbonyl (C=O) groups is 3. The van der Waals surface area contributed by atoms with Crippen LogP contribution in [-0.2, 0) is 9.53 Å². The molecule has 0 fully saturated rings. The van der Waals surface area contributed by atoms with Crippen LogP contribution in [-0.4, -0.2) is 30.6 Å². The van der Waals surface area contributed by atoms with Gasteiger partial charge in [0.2, 0.25) is 0 Å². The van der Waals surface area contributed by atoms with Crippen molar-refractivity contribution in [2.24, 2.45) is 0 Å². The summed E-state index contributed by atoms with van der Waals surface area (Å²) in [5.41, 5.74) is -0.458. The Morgan fingerprint density at radius 2 is 1.44 bits per heavy atom. The number of para-hydroxylation sites is 1. The van der Waals surface area contributed by atoms with E-state index in [1.165, 1.54) is 7.11 Å². The Morgan fingerprint density at radius 1 is 0.861 bits per heavy atom. The van der Waals surface area contributed by atoms with E-state index in [0.29, 0.717) is 25.7 Å². The minimum absolute atomic E-state index is 0.203. The van der Waals surface area contributed by atoms with Crippen molar-refractivity contribution >= 4 is 63.3 Å². The molecule has 0 spiro atoms. The van der Waals surface area contributed by atoms with Gasteiger partial charge in [0.05, 0.1) is 34.1 Å². The number of hydrogen-bond donors (Lipinski definition) is 3. The van der Waals surface area contributed by atoms with Crippen molar-refractivity contribution < 1.29 is 19.1 Å². The summed E-state index contributed by atoms with van der Waals surface area (Å²) >= 11 is 12.4. The van der Waals surface area contributed by atoms with Gasteiger partial charge >= 0.3 is 12.0 Å². The molecule has 0 unspecified atom stereocenters. The topological polar surface area (TPSA) is 96.5 Å². The largest absolute Gasteiger partial charge is 0.467 e. The van der Waals surface area contributed by atoms with Crippen LogP contribution in [0.3, 0.4) is 0 Å². The molecule has 3 N–H and O–H groups in total. The molecule has 0 aromatic heterocycles. The van der Waals surface area contributed by atoms with Crippen molar-refractivity contribution in [1.82, 2.24) is 5.32 Å². The van der Waals surface area contributed by atoms with Crippen molar-refractivity contribution in [3.8, 4) is 0 Å². The molecule has 0 aliphatic heterocycles. The number of hydrogen-bond acceptors (Lipinski definition) is 4. The van der Waals surface area contributed by atoms with Gasteiger partial charge in [-0.25, -0.2) is 9.59 Å². The first-order valence-electron chi connectivity index (χ1n) is 11.7. The third kappa shape index (κ3) is 6.09. The van der Waals surface area contributed by atoms with Crippen molar-refractivity contribution in [2.75, 3.05) is 17.7 Å². The highest BCUT2D eigenvalue weighted by Crippen LogP contribution is 2.31. The summed E-state index contributed by atoms with van der Waals surface area (Å²) < 4.78 is 5.05. The van der Waals surface area contributed by atoms with Crippen molar-refractivity contribution in [2.45, 2.75) is 45.1 Å². The lowest BCUT2D eigenvalue weighted by Crippen LogP contribution is -2.55. The number of amides is 3. The van der Waals surface area contributed by atoms with Crippen LogP contribution < -0.4 is 16.0 Å². The highest BCUT2D eigenvalue weighted by atomic mass is 35.5. The molecule has 36 heavy (non-hydrogen) atoms. The summed E-state index contributed by atoms with van der Waals surface area (Å²) in [7, 11) is 1.31. The lowest BCUT2D eigenvalue weighted by molar-refractivity contribution is -0.149. The number of anilines is 2. The first kappa shape index (κ1) is 27.3. The van der Waals surface area contributed by atoms with E-state index in [-0.39, 0.29) is 27.0 Å². The molecule has 190 valence electrons. The lowest BCUT2D eigenvalue weighted by Gasteiger charge is -2.32. The summed E-state index contributed by atoms with van der Waals surface area (Å²) in [5.74, 6) is -1.000. The summed E-state index contributed by atoms with van der Waals surface area (Å²) in [6.07, 6.45) is 2.17. The molecule has 0 atom stereocenters. The average Bonchev–Trinajstić information content (AvgIpc) is 2.85. The second-order valence-electron chi connectivity index (χ2n) is 8.45. The fourth-order valence-corrected chi connectivity index (χ4v) is 4.75. The minimum Gasteiger partial charge on any atom is -0.467 e. The molecule has 7 nitrogen and oxygen atoms in total. The van der Waals surface area contributed by atoms with Crippen LogP contribution in [0, 0.1) is 0 Å². The van der Waals surface area contributed by atoms with E-state index in [1.54, 1.807) is 30.3 Å². The first-order chi connectivity index (χ1) is 17.2. The number of carbonyl (C=O) groups excluding carboxylic acids is 3. The van der Waals surface area contributed by atoms with Gasteiger partial charge < -0.3 is 20.7 Å². The number of ether oxygens (including phenoxy) is 1. The first-order valence-corrected chi connectivity index (χ1v) is 12.5. The molecule has 0 bridgehead atoms. The maximum atomic E-state index is 13.6. The zero-order chi connectivity index (χ0) is 26.3. The number of rotatable bonds is 9. The molecule has 3 rings (SSSR count). The van der Waals surface area contributed by atoms with Gasteiger partial charge in [-0.05, 0) is 47.9 Å². The van der Waals surface area contributed by atoms with Gasteiger partial charge in [-0.3, -0.25) is 4.79 Å². The molecular formula is C27H29Cl2N3O4. The Bertz CT molecular complexity index is 1250. The summed E-state index contributed by atoms with van der Waals surface area (Å²) in [6.45, 7) is 3.87. The summed E-state index contributed by atoms with van der Waals surface area (Å²) in [6, 6.07) is 15.1. The Balaban J connectivity index is 2.00. The van der Waals surface area contributed by atoms with Gasteiger partial charge in [-0.15, -0.1) is 0 Å². The van der Waals surface area contributed by atoms with Crippen LogP contribution in [0.2, 0.25) is 10.0 Å². The molecule has 3 amide bonds. The van der Waals surface area contributed by atoms with Crippen molar-refractivity contribution in [3.63, 3.8) is 0 Å².